The molecule has 3 heterocycles. The quantitative estimate of drug-likeness (QED) is 0.658. The summed E-state index contributed by atoms with van der Waals surface area (Å²) >= 11 is 0. The van der Waals surface area contributed by atoms with Crippen LogP contribution in [0.15, 0.2) is 17.3 Å². The zero-order chi connectivity index (χ0) is 18.0. The number of amidine groups is 1. The minimum Gasteiger partial charge on any atom is -0.478 e. The lowest BCUT2D eigenvalue weighted by molar-refractivity contribution is -0.677. The van der Waals surface area contributed by atoms with Crippen molar-refractivity contribution in [1.29, 1.82) is 0 Å². The van der Waals surface area contributed by atoms with Gasteiger partial charge in [-0.2, -0.15) is 0 Å². The number of carbonyl (C=O) groups excluding carboxylic acids is 1. The molecule has 0 aliphatic carbocycles. The Kier molecular flexibility index (Phi) is 3.46. The van der Waals surface area contributed by atoms with Crippen molar-refractivity contribution in [1.82, 2.24) is 9.80 Å². The lowest BCUT2D eigenvalue weighted by Crippen LogP contribution is -2.56. The largest absolute Gasteiger partial charge is 0.478 e. The van der Waals surface area contributed by atoms with Gasteiger partial charge in [0.2, 0.25) is 6.29 Å². The second-order valence-corrected chi connectivity index (χ2v) is 6.97. The molecule has 0 bridgehead atoms. The number of hydrogen-bond acceptors (Lipinski definition) is 4. The maximum absolute atomic E-state index is 13.1. The van der Waals surface area contributed by atoms with Crippen LogP contribution >= 0.6 is 0 Å². The predicted molar refractivity (Wildman–Crippen MR) is 87.3 cm³/mol. The standard InChI is InChI=1S/C17H22N4O3/c1-9(2)17(4)15(24)21-13(18-17)12-11(14(22)23)10(3)7-8-20(12)16(21)19(5)6/h7-9H,1-6H3,(H,22,23). The Hall–Kier alpha value is -2.41. The number of aromatic nitrogens is 1. The van der Waals surface area contributed by atoms with E-state index in [1.54, 1.807) is 40.5 Å². The van der Waals surface area contributed by atoms with E-state index >= 15 is 0 Å². The predicted octanol–water partition coefficient (Wildman–Crippen LogP) is 0.855. The first-order valence-corrected chi connectivity index (χ1v) is 7.89. The Morgan fingerprint density at radius 3 is 2.58 bits per heavy atom. The van der Waals surface area contributed by atoms with Gasteiger partial charge in [0.1, 0.15) is 11.4 Å². The molecular formula is C17H22N4O3. The molecule has 7 nitrogen and oxygen atoms in total. The Morgan fingerprint density at radius 2 is 2.08 bits per heavy atom. The van der Waals surface area contributed by atoms with Crippen molar-refractivity contribution in [3.05, 3.63) is 35.4 Å². The van der Waals surface area contributed by atoms with Crippen LogP contribution in [0.2, 0.25) is 0 Å². The molecule has 1 aromatic rings. The molecule has 1 atom stereocenters. The first-order chi connectivity index (χ1) is 11.1. The summed E-state index contributed by atoms with van der Waals surface area (Å²) in [5.41, 5.74) is 0.388. The smallest absolute Gasteiger partial charge is 0.330 e. The lowest BCUT2D eigenvalue weighted by Gasteiger charge is -2.31. The second-order valence-electron chi connectivity index (χ2n) is 6.97. The van der Waals surface area contributed by atoms with E-state index in [2.05, 4.69) is 4.99 Å². The van der Waals surface area contributed by atoms with E-state index in [0.29, 0.717) is 23.4 Å². The molecule has 0 radical (unpaired) electrons. The van der Waals surface area contributed by atoms with Crippen molar-refractivity contribution in [3.63, 3.8) is 0 Å². The van der Waals surface area contributed by atoms with Gasteiger partial charge in [0.15, 0.2) is 5.69 Å². The number of carboxylic acid groups (broad SMARTS) is 1. The monoisotopic (exact) mass is 330 g/mol. The molecule has 1 unspecified atom stereocenters. The third-order valence-electron chi connectivity index (χ3n) is 4.90. The minimum atomic E-state index is -1.02. The van der Waals surface area contributed by atoms with Crippen LogP contribution in [0.5, 0.6) is 0 Å². The molecule has 0 spiro atoms. The summed E-state index contributed by atoms with van der Waals surface area (Å²) in [6.07, 6.45) is 2.38. The highest BCUT2D eigenvalue weighted by Gasteiger charge is 2.55. The minimum absolute atomic E-state index is 0.00181. The Balaban J connectivity index is 2.34. The number of pyridine rings is 1. The van der Waals surface area contributed by atoms with Gasteiger partial charge in [-0.15, -0.1) is 0 Å². The van der Waals surface area contributed by atoms with Crippen molar-refractivity contribution in [2.75, 3.05) is 14.1 Å². The van der Waals surface area contributed by atoms with Crippen LogP contribution in [0.25, 0.3) is 0 Å². The number of carboxylic acids is 1. The normalized spacial score (nSPS) is 22.3. The van der Waals surface area contributed by atoms with E-state index < -0.39 is 11.5 Å². The van der Waals surface area contributed by atoms with Gasteiger partial charge >= 0.3 is 5.97 Å². The fourth-order valence-electron chi connectivity index (χ4n) is 3.19. The van der Waals surface area contributed by atoms with E-state index in [0.717, 1.165) is 0 Å². The van der Waals surface area contributed by atoms with Gasteiger partial charge in [0, 0.05) is 0 Å². The van der Waals surface area contributed by atoms with Gasteiger partial charge in [-0.05, 0) is 39.4 Å². The van der Waals surface area contributed by atoms with Crippen LogP contribution in [0.3, 0.4) is 0 Å². The van der Waals surface area contributed by atoms with Gasteiger partial charge < -0.3 is 5.11 Å². The summed E-state index contributed by atoms with van der Waals surface area (Å²) in [6, 6.07) is 1.74. The summed E-state index contributed by atoms with van der Waals surface area (Å²) in [5.74, 6) is -0.738. The summed E-state index contributed by atoms with van der Waals surface area (Å²) in [4.78, 5) is 33.0. The molecule has 0 saturated carbocycles. The molecule has 1 aromatic heterocycles. The van der Waals surface area contributed by atoms with E-state index in [9.17, 15) is 14.7 Å². The molecule has 0 aromatic carbocycles. The number of fused-ring (bicyclic) bond motifs is 3. The van der Waals surface area contributed by atoms with Crippen molar-refractivity contribution in [2.45, 2.75) is 33.2 Å². The first-order valence-electron chi connectivity index (χ1n) is 7.89. The van der Waals surface area contributed by atoms with E-state index in [-0.39, 0.29) is 17.4 Å². The summed E-state index contributed by atoms with van der Waals surface area (Å²) < 4.78 is 1.73. The number of aromatic carboxylic acids is 1. The molecule has 24 heavy (non-hydrogen) atoms. The Labute approximate surface area is 141 Å². The molecule has 7 heteroatoms. The highest BCUT2D eigenvalue weighted by molar-refractivity contribution is 6.18. The van der Waals surface area contributed by atoms with Gasteiger partial charge in [-0.3, -0.25) is 24.2 Å². The van der Waals surface area contributed by atoms with E-state index in [1.165, 1.54) is 0 Å². The second kappa shape index (κ2) is 5.04. The third-order valence-corrected chi connectivity index (χ3v) is 4.90. The Morgan fingerprint density at radius 1 is 1.46 bits per heavy atom. The Bertz CT molecular complexity index is 784. The SMILES string of the molecule is Cc1cc[n+]2c(c1C(=O)O)C1=NC(C)(C(C)C)C(=O)N1[C-]2N(C)C. The number of hydrogen-bond donors (Lipinski definition) is 1. The van der Waals surface area contributed by atoms with Crippen LogP contribution in [0.4, 0.5) is 0 Å². The molecule has 1 amide bonds. The molecule has 0 saturated heterocycles. The molecule has 128 valence electrons. The zero-order valence-corrected chi connectivity index (χ0v) is 14.8. The van der Waals surface area contributed by atoms with Crippen molar-refractivity contribution < 1.29 is 19.3 Å². The van der Waals surface area contributed by atoms with E-state index in [4.69, 9.17) is 0 Å². The van der Waals surface area contributed by atoms with Gasteiger partial charge in [0.05, 0.1) is 11.8 Å². The van der Waals surface area contributed by atoms with Crippen LogP contribution in [-0.4, -0.2) is 52.3 Å². The number of amides is 1. The third kappa shape index (κ3) is 1.91. The molecular weight excluding hydrogens is 308 g/mol. The maximum Gasteiger partial charge on any atom is 0.330 e. The molecule has 2 aliphatic heterocycles. The van der Waals surface area contributed by atoms with Gasteiger partial charge in [-0.1, -0.05) is 19.9 Å². The number of nitrogens with zero attached hydrogens (tertiary/aromatic N) is 4. The highest BCUT2D eigenvalue weighted by atomic mass is 16.4. The lowest BCUT2D eigenvalue weighted by atomic mass is 9.89. The van der Waals surface area contributed by atoms with Crippen LogP contribution in [0.1, 0.15) is 42.4 Å². The summed E-state index contributed by atoms with van der Waals surface area (Å²) in [5, 5.41) is 9.69. The van der Waals surface area contributed by atoms with Gasteiger partial charge in [-0.25, -0.2) is 4.79 Å². The maximum atomic E-state index is 13.1. The van der Waals surface area contributed by atoms with Crippen LogP contribution < -0.4 is 4.57 Å². The average molecular weight is 330 g/mol. The zero-order valence-electron chi connectivity index (χ0n) is 14.8. The molecule has 2 aliphatic rings. The first kappa shape index (κ1) is 16.4. The molecule has 1 N–H and O–H groups in total. The highest BCUT2D eigenvalue weighted by Crippen LogP contribution is 2.38. The summed E-state index contributed by atoms with van der Waals surface area (Å²) in [6.45, 7) is 7.45. The van der Waals surface area contributed by atoms with Crippen LogP contribution in [0, 0.1) is 19.1 Å². The molecule has 0 fully saturated rings. The number of carbonyl (C=O) groups is 2. The number of rotatable bonds is 3. The van der Waals surface area contributed by atoms with Crippen molar-refractivity contribution in [2.24, 2.45) is 10.9 Å². The summed E-state index contributed by atoms with van der Waals surface area (Å²) in [7, 11) is 3.65. The fraction of sp³-hybridized carbons (Fsp3) is 0.471. The topological polar surface area (TPSA) is 77.1 Å². The van der Waals surface area contributed by atoms with Gasteiger partial charge in [0.25, 0.3) is 5.91 Å². The molecule has 3 rings (SSSR count). The van der Waals surface area contributed by atoms with Crippen molar-refractivity contribution >= 4 is 17.7 Å². The number of aryl methyl sites for hydroxylation is 1. The average Bonchev–Trinajstić information content (AvgIpc) is 2.92. The van der Waals surface area contributed by atoms with E-state index in [1.807, 2.05) is 27.9 Å². The van der Waals surface area contributed by atoms with Crippen molar-refractivity contribution in [3.8, 4) is 0 Å². The number of aliphatic imine (C=N–C) groups is 1. The fourth-order valence-corrected chi connectivity index (χ4v) is 3.19. The van der Waals surface area contributed by atoms with Crippen LogP contribution in [-0.2, 0) is 4.79 Å².